The van der Waals surface area contributed by atoms with Gasteiger partial charge in [0.2, 0.25) is 0 Å². The number of rotatable bonds is 6. The molecule has 1 aliphatic rings. The van der Waals surface area contributed by atoms with Crippen molar-refractivity contribution >= 4 is 34.2 Å². The molecule has 8 heteroatoms. The first-order valence-corrected chi connectivity index (χ1v) is 12.2. The molecule has 1 aromatic carbocycles. The zero-order valence-corrected chi connectivity index (χ0v) is 20.5. The van der Waals surface area contributed by atoms with E-state index in [2.05, 4.69) is 4.98 Å². The van der Waals surface area contributed by atoms with Crippen LogP contribution in [0.5, 0.6) is 5.75 Å². The zero-order chi connectivity index (χ0) is 23.6. The van der Waals surface area contributed by atoms with Crippen molar-refractivity contribution in [3.63, 3.8) is 0 Å². The quantitative estimate of drug-likeness (QED) is 0.454. The summed E-state index contributed by atoms with van der Waals surface area (Å²) in [5.41, 5.74) is 1.54. The Kier molecular flexibility index (Phi) is 6.74. The second kappa shape index (κ2) is 9.55. The van der Waals surface area contributed by atoms with Crippen LogP contribution < -0.4 is 4.74 Å². The van der Waals surface area contributed by atoms with Gasteiger partial charge in [-0.05, 0) is 69.5 Å². The molecule has 0 unspecified atom stereocenters. The Morgan fingerprint density at radius 2 is 1.97 bits per heavy atom. The molecule has 1 fully saturated rings. The van der Waals surface area contributed by atoms with Crippen molar-refractivity contribution in [2.45, 2.75) is 52.1 Å². The summed E-state index contributed by atoms with van der Waals surface area (Å²) in [6.07, 6.45) is 2.78. The van der Waals surface area contributed by atoms with E-state index in [1.165, 1.54) is 0 Å². The molecule has 3 aromatic rings. The molecule has 0 radical (unpaired) electrons. The van der Waals surface area contributed by atoms with Gasteiger partial charge < -0.3 is 19.4 Å². The van der Waals surface area contributed by atoms with Gasteiger partial charge in [0, 0.05) is 25.1 Å². The summed E-state index contributed by atoms with van der Waals surface area (Å²) in [7, 11) is 1.62. The number of imidazole rings is 1. The number of thiophene rings is 1. The van der Waals surface area contributed by atoms with Crippen molar-refractivity contribution in [1.29, 1.82) is 0 Å². The smallest absolute Gasteiger partial charge is 0.410 e. The van der Waals surface area contributed by atoms with Crippen molar-refractivity contribution in [3.05, 3.63) is 35.2 Å². The Hall–Kier alpha value is -2.87. The van der Waals surface area contributed by atoms with E-state index >= 15 is 0 Å². The molecular weight excluding hydrogens is 438 g/mol. The van der Waals surface area contributed by atoms with Gasteiger partial charge in [0.15, 0.2) is 5.78 Å². The van der Waals surface area contributed by atoms with Crippen LogP contribution >= 0.6 is 11.3 Å². The Bertz CT molecular complexity index is 1120. The minimum atomic E-state index is -0.486. The number of ether oxygens (including phenoxy) is 2. The molecule has 1 amide bonds. The van der Waals surface area contributed by atoms with E-state index in [4.69, 9.17) is 14.5 Å². The first-order chi connectivity index (χ1) is 15.7. The molecule has 1 saturated heterocycles. The van der Waals surface area contributed by atoms with Crippen LogP contribution in [-0.4, -0.2) is 52.5 Å². The van der Waals surface area contributed by atoms with Crippen molar-refractivity contribution in [2.75, 3.05) is 20.2 Å². The second-order valence-electron chi connectivity index (χ2n) is 9.47. The number of carbonyl (C=O) groups is 2. The number of aromatic nitrogens is 2. The third-order valence-corrected chi connectivity index (χ3v) is 6.80. The van der Waals surface area contributed by atoms with Gasteiger partial charge in [-0.25, -0.2) is 9.78 Å². The summed E-state index contributed by atoms with van der Waals surface area (Å²) in [6, 6.07) is 7.61. The first-order valence-electron chi connectivity index (χ1n) is 11.4. The standard InChI is InChI=1S/C25H31N3O4S/c1-25(2,3)32-24(30)28-13-11-16(12-14-28)7-9-18(29)17-8-10-19(31-4)22-21(17)26-23(27-22)20-6-5-15-33-20/h5-6,8,10,15-16H,7,9,11-14H2,1-4H3,(H,26,27). The third kappa shape index (κ3) is 5.38. The molecular formula is C25H31N3O4S. The highest BCUT2D eigenvalue weighted by atomic mass is 32.1. The predicted molar refractivity (Wildman–Crippen MR) is 130 cm³/mol. The van der Waals surface area contributed by atoms with E-state index in [-0.39, 0.29) is 11.9 Å². The molecule has 0 atom stereocenters. The second-order valence-corrected chi connectivity index (χ2v) is 10.4. The van der Waals surface area contributed by atoms with Crippen LogP contribution in [0.3, 0.4) is 0 Å². The number of aromatic amines is 1. The molecule has 2 aromatic heterocycles. The number of amides is 1. The first kappa shape index (κ1) is 23.3. The lowest BCUT2D eigenvalue weighted by Gasteiger charge is -2.33. The average Bonchev–Trinajstić information content (AvgIpc) is 3.46. The van der Waals surface area contributed by atoms with Crippen LogP contribution in [0, 0.1) is 5.92 Å². The van der Waals surface area contributed by atoms with Crippen LogP contribution in [0.1, 0.15) is 56.8 Å². The van der Waals surface area contributed by atoms with E-state index in [0.717, 1.165) is 35.5 Å². The summed E-state index contributed by atoms with van der Waals surface area (Å²) in [5.74, 6) is 1.92. The van der Waals surface area contributed by atoms with Gasteiger partial charge in [0.05, 0.1) is 12.0 Å². The molecule has 0 aliphatic carbocycles. The molecule has 0 spiro atoms. The lowest BCUT2D eigenvalue weighted by Crippen LogP contribution is -2.41. The lowest BCUT2D eigenvalue weighted by atomic mass is 9.90. The van der Waals surface area contributed by atoms with Gasteiger partial charge in [-0.2, -0.15) is 0 Å². The number of H-pyrrole nitrogens is 1. The number of fused-ring (bicyclic) bond motifs is 1. The number of nitrogens with one attached hydrogen (secondary N) is 1. The SMILES string of the molecule is COc1ccc(C(=O)CCC2CCN(C(=O)OC(C)(C)C)CC2)c2nc(-c3cccs3)[nH]c12. The molecule has 3 heterocycles. The molecule has 33 heavy (non-hydrogen) atoms. The molecule has 1 aliphatic heterocycles. The van der Waals surface area contributed by atoms with Crippen LogP contribution in [0.25, 0.3) is 21.7 Å². The number of nitrogens with zero attached hydrogens (tertiary/aromatic N) is 2. The Labute approximate surface area is 198 Å². The monoisotopic (exact) mass is 469 g/mol. The van der Waals surface area contributed by atoms with E-state index in [1.807, 2.05) is 50.4 Å². The summed E-state index contributed by atoms with van der Waals surface area (Å²) in [5, 5.41) is 2.00. The maximum atomic E-state index is 13.1. The van der Waals surface area contributed by atoms with Gasteiger partial charge in [0.25, 0.3) is 0 Å². The van der Waals surface area contributed by atoms with Crippen LogP contribution in [0.15, 0.2) is 29.6 Å². The highest BCUT2D eigenvalue weighted by Gasteiger charge is 2.27. The third-order valence-electron chi connectivity index (χ3n) is 5.93. The van der Waals surface area contributed by atoms with Crippen LogP contribution in [0.4, 0.5) is 4.79 Å². The van der Waals surface area contributed by atoms with E-state index in [1.54, 1.807) is 23.3 Å². The van der Waals surface area contributed by atoms with E-state index in [0.29, 0.717) is 42.3 Å². The Morgan fingerprint density at radius 3 is 2.61 bits per heavy atom. The molecule has 7 nitrogen and oxygen atoms in total. The number of hydrogen-bond acceptors (Lipinski definition) is 6. The highest BCUT2D eigenvalue weighted by Crippen LogP contribution is 2.32. The summed E-state index contributed by atoms with van der Waals surface area (Å²) >= 11 is 1.60. The lowest BCUT2D eigenvalue weighted by molar-refractivity contribution is 0.0180. The maximum Gasteiger partial charge on any atom is 0.410 e. The molecule has 0 bridgehead atoms. The number of hydrogen-bond donors (Lipinski definition) is 1. The van der Waals surface area contributed by atoms with Gasteiger partial charge in [-0.1, -0.05) is 6.07 Å². The maximum absolute atomic E-state index is 13.1. The fraction of sp³-hybridized carbons (Fsp3) is 0.480. The van der Waals surface area contributed by atoms with Crippen molar-refractivity contribution in [3.8, 4) is 16.5 Å². The van der Waals surface area contributed by atoms with Crippen LogP contribution in [-0.2, 0) is 4.74 Å². The fourth-order valence-electron chi connectivity index (χ4n) is 4.19. The minimum Gasteiger partial charge on any atom is -0.494 e. The number of ketones is 1. The Morgan fingerprint density at radius 1 is 1.21 bits per heavy atom. The predicted octanol–water partition coefficient (Wildman–Crippen LogP) is 5.91. The largest absolute Gasteiger partial charge is 0.494 e. The summed E-state index contributed by atoms with van der Waals surface area (Å²) < 4.78 is 11.0. The van der Waals surface area contributed by atoms with Gasteiger partial charge >= 0.3 is 6.09 Å². The van der Waals surface area contributed by atoms with E-state index < -0.39 is 5.60 Å². The highest BCUT2D eigenvalue weighted by molar-refractivity contribution is 7.13. The van der Waals surface area contributed by atoms with E-state index in [9.17, 15) is 9.59 Å². The van der Waals surface area contributed by atoms with Gasteiger partial charge in [-0.3, -0.25) is 4.79 Å². The number of benzene rings is 1. The fourth-order valence-corrected chi connectivity index (χ4v) is 4.86. The van der Waals surface area contributed by atoms with Gasteiger partial charge in [0.1, 0.15) is 28.2 Å². The molecule has 1 N–H and O–H groups in total. The summed E-state index contributed by atoms with van der Waals surface area (Å²) in [6.45, 7) is 6.97. The molecule has 176 valence electrons. The Balaban J connectivity index is 1.40. The van der Waals surface area contributed by atoms with Crippen molar-refractivity contribution in [2.24, 2.45) is 5.92 Å². The van der Waals surface area contributed by atoms with Gasteiger partial charge in [-0.15, -0.1) is 11.3 Å². The normalized spacial score (nSPS) is 15.1. The number of carbonyl (C=O) groups excluding carboxylic acids is 2. The zero-order valence-electron chi connectivity index (χ0n) is 19.6. The van der Waals surface area contributed by atoms with Crippen molar-refractivity contribution < 1.29 is 19.1 Å². The molecule has 4 rings (SSSR count). The number of piperidine rings is 1. The topological polar surface area (TPSA) is 84.5 Å². The minimum absolute atomic E-state index is 0.0847. The average molecular weight is 470 g/mol. The van der Waals surface area contributed by atoms with Crippen LogP contribution in [0.2, 0.25) is 0 Å². The summed E-state index contributed by atoms with van der Waals surface area (Å²) in [4.78, 5) is 36.3. The molecule has 0 saturated carbocycles. The number of Topliss-reactive ketones (excluding diaryl/α,β-unsaturated/α-hetero) is 1. The van der Waals surface area contributed by atoms with Crippen molar-refractivity contribution in [1.82, 2.24) is 14.9 Å². The number of methoxy groups -OCH3 is 1. The number of likely N-dealkylation sites (tertiary alicyclic amines) is 1.